The predicted molar refractivity (Wildman–Crippen MR) is 166 cm³/mol. The molecule has 0 aliphatic carbocycles. The van der Waals surface area contributed by atoms with Gasteiger partial charge in [0.1, 0.15) is 0 Å². The van der Waals surface area contributed by atoms with Gasteiger partial charge in [0.15, 0.2) is 9.84 Å². The van der Waals surface area contributed by atoms with E-state index in [9.17, 15) is 26.7 Å². The topological polar surface area (TPSA) is 115 Å². The Balaban J connectivity index is 1.33. The van der Waals surface area contributed by atoms with Gasteiger partial charge in [-0.3, -0.25) is 4.79 Å². The van der Waals surface area contributed by atoms with Gasteiger partial charge in [0.2, 0.25) is 15.9 Å². The Bertz CT molecular complexity index is 1450. The minimum absolute atomic E-state index is 0.0368. The number of carbonyl (C=O) groups is 1. The number of halogens is 2. The van der Waals surface area contributed by atoms with Crippen LogP contribution < -0.4 is 4.90 Å². The Morgan fingerprint density at radius 3 is 2.10 bits per heavy atom. The highest BCUT2D eigenvalue weighted by Crippen LogP contribution is 2.32. The summed E-state index contributed by atoms with van der Waals surface area (Å²) in [6.45, 7) is 3.55. The van der Waals surface area contributed by atoms with Crippen LogP contribution in [0, 0.1) is 11.8 Å². The second kappa shape index (κ2) is 13.9. The molecule has 2 heterocycles. The van der Waals surface area contributed by atoms with E-state index < -0.39 is 26.0 Å². The van der Waals surface area contributed by atoms with E-state index in [1.165, 1.54) is 10.6 Å². The minimum atomic E-state index is -3.28. The fourth-order valence-corrected chi connectivity index (χ4v) is 7.60. The molecule has 0 bridgehead atoms. The molecule has 0 radical (unpaired) electrons. The fourth-order valence-electron chi connectivity index (χ4n) is 5.80. The Morgan fingerprint density at radius 2 is 1.55 bits per heavy atom. The molecule has 2 aliphatic rings. The van der Waals surface area contributed by atoms with Crippen LogP contribution >= 0.6 is 23.2 Å². The Labute approximate surface area is 259 Å². The molecule has 2 fully saturated rings. The van der Waals surface area contributed by atoms with E-state index >= 15 is 0 Å². The summed E-state index contributed by atoms with van der Waals surface area (Å²) >= 11 is 12.4. The molecule has 232 valence electrons. The van der Waals surface area contributed by atoms with Gasteiger partial charge in [0.05, 0.1) is 27.3 Å². The summed E-state index contributed by atoms with van der Waals surface area (Å²) in [6.07, 6.45) is 4.99. The summed E-state index contributed by atoms with van der Waals surface area (Å²) in [5.74, 6) is -0.233. The molecule has 1 atom stereocenters. The number of rotatable bonds is 10. The molecule has 9 nitrogen and oxygen atoms in total. The number of amides is 1. The monoisotopic (exact) mass is 659 g/mol. The third kappa shape index (κ3) is 8.46. The molecule has 42 heavy (non-hydrogen) atoms. The number of likely N-dealkylation sites (tertiary alicyclic amines) is 1. The number of sulfonamides is 1. The SMILES string of the molecule is CS(=O)(=O)c1ccc(C(O)C2CCN(CCCN(C(=O)C3CCN(S(C)(=O)=O)CC3)c3ccc(Cl)c(Cl)c3)CC2)cc1. The van der Waals surface area contributed by atoms with Crippen molar-refractivity contribution in [3.63, 3.8) is 0 Å². The van der Waals surface area contributed by atoms with E-state index in [2.05, 4.69) is 4.90 Å². The zero-order chi connectivity index (χ0) is 30.7. The second-order valence-electron chi connectivity index (χ2n) is 11.3. The molecule has 0 saturated carbocycles. The first-order chi connectivity index (χ1) is 19.7. The maximum absolute atomic E-state index is 13.7. The highest BCUT2D eigenvalue weighted by atomic mass is 35.5. The normalized spacial score (nSPS) is 19.1. The number of aliphatic hydroxyl groups excluding tert-OH is 1. The van der Waals surface area contributed by atoms with E-state index in [0.29, 0.717) is 48.2 Å². The lowest BCUT2D eigenvalue weighted by atomic mass is 9.87. The summed E-state index contributed by atoms with van der Waals surface area (Å²) in [5, 5.41) is 11.7. The number of hydrogen-bond acceptors (Lipinski definition) is 7. The number of aliphatic hydroxyl groups is 1. The Morgan fingerprint density at radius 1 is 0.929 bits per heavy atom. The van der Waals surface area contributed by atoms with E-state index in [1.807, 2.05) is 0 Å². The number of sulfone groups is 1. The van der Waals surface area contributed by atoms with Crippen molar-refractivity contribution >= 4 is 54.7 Å². The largest absolute Gasteiger partial charge is 0.388 e. The molecule has 4 rings (SSSR count). The number of carbonyl (C=O) groups excluding carboxylic acids is 1. The van der Waals surface area contributed by atoms with Crippen LogP contribution in [0.15, 0.2) is 47.4 Å². The molecule has 1 amide bonds. The molecule has 1 N–H and O–H groups in total. The van der Waals surface area contributed by atoms with Gasteiger partial charge in [0.25, 0.3) is 0 Å². The number of anilines is 1. The smallest absolute Gasteiger partial charge is 0.230 e. The first kappa shape index (κ1) is 33.2. The van der Waals surface area contributed by atoms with Crippen molar-refractivity contribution in [2.75, 3.05) is 56.7 Å². The number of benzene rings is 2. The minimum Gasteiger partial charge on any atom is -0.388 e. The van der Waals surface area contributed by atoms with Crippen molar-refractivity contribution in [3.05, 3.63) is 58.1 Å². The second-order valence-corrected chi connectivity index (χ2v) is 16.2. The van der Waals surface area contributed by atoms with Crippen LogP contribution in [0.3, 0.4) is 0 Å². The van der Waals surface area contributed by atoms with Crippen molar-refractivity contribution in [1.29, 1.82) is 0 Å². The van der Waals surface area contributed by atoms with Crippen LogP contribution in [0.25, 0.3) is 0 Å². The van der Waals surface area contributed by atoms with Gasteiger partial charge in [0, 0.05) is 37.5 Å². The maximum atomic E-state index is 13.7. The quantitative estimate of drug-likeness (QED) is 0.406. The van der Waals surface area contributed by atoms with Crippen LogP contribution in [0.4, 0.5) is 5.69 Å². The highest BCUT2D eigenvalue weighted by molar-refractivity contribution is 7.90. The van der Waals surface area contributed by atoms with Crippen LogP contribution in [0.5, 0.6) is 0 Å². The predicted octanol–water partition coefficient (Wildman–Crippen LogP) is 4.24. The summed E-state index contributed by atoms with van der Waals surface area (Å²) in [6, 6.07) is 11.6. The van der Waals surface area contributed by atoms with E-state index in [4.69, 9.17) is 23.2 Å². The van der Waals surface area contributed by atoms with Crippen LogP contribution in [-0.2, 0) is 24.7 Å². The van der Waals surface area contributed by atoms with Crippen LogP contribution in [0.1, 0.15) is 43.8 Å². The lowest BCUT2D eigenvalue weighted by Gasteiger charge is -2.35. The number of nitrogens with zero attached hydrogens (tertiary/aromatic N) is 3. The summed E-state index contributed by atoms with van der Waals surface area (Å²) in [4.78, 5) is 18.0. The standard InChI is InChI=1S/C29H39Cl2N3O6S2/c1-41(37,38)25-7-4-21(5-8-25)28(35)22-10-16-32(17-11-22)14-3-15-34(24-6-9-26(30)27(31)20-24)29(36)23-12-18-33(19-13-23)42(2,39)40/h4-9,20,22-23,28,35H,3,10-19H2,1-2H3. The molecule has 1 unspecified atom stereocenters. The van der Waals surface area contributed by atoms with Crippen LogP contribution in [0.2, 0.25) is 10.0 Å². The number of piperidine rings is 2. The molecule has 2 aromatic rings. The van der Waals surface area contributed by atoms with E-state index in [-0.39, 0.29) is 22.6 Å². The van der Waals surface area contributed by atoms with Gasteiger partial charge in [-0.1, -0.05) is 35.3 Å². The third-order valence-corrected chi connectivity index (χ3v) is 11.5. The Kier molecular flexibility index (Phi) is 11.0. The number of hydrogen-bond donors (Lipinski definition) is 1. The lowest BCUT2D eigenvalue weighted by molar-refractivity contribution is -0.123. The van der Waals surface area contributed by atoms with Gasteiger partial charge in [-0.25, -0.2) is 21.1 Å². The van der Waals surface area contributed by atoms with Gasteiger partial charge < -0.3 is 14.9 Å². The molecule has 2 aromatic carbocycles. The summed E-state index contributed by atoms with van der Waals surface area (Å²) < 4.78 is 48.7. The average Bonchev–Trinajstić information content (AvgIpc) is 2.96. The van der Waals surface area contributed by atoms with E-state index in [0.717, 1.165) is 50.7 Å². The molecule has 13 heteroatoms. The zero-order valence-corrected chi connectivity index (χ0v) is 27.1. The van der Waals surface area contributed by atoms with Crippen LogP contribution in [-0.4, -0.2) is 88.8 Å². The van der Waals surface area contributed by atoms with Gasteiger partial charge in [-0.15, -0.1) is 0 Å². The van der Waals surface area contributed by atoms with Crippen molar-refractivity contribution in [2.45, 2.75) is 43.1 Å². The van der Waals surface area contributed by atoms with Crippen molar-refractivity contribution < 1.29 is 26.7 Å². The summed E-state index contributed by atoms with van der Waals surface area (Å²) in [5.41, 5.74) is 1.39. The summed E-state index contributed by atoms with van der Waals surface area (Å²) in [7, 11) is -6.57. The highest BCUT2D eigenvalue weighted by Gasteiger charge is 2.32. The lowest BCUT2D eigenvalue weighted by Crippen LogP contribution is -2.45. The molecular formula is C29H39Cl2N3O6S2. The van der Waals surface area contributed by atoms with Gasteiger partial charge in [-0.2, -0.15) is 0 Å². The third-order valence-electron chi connectivity index (χ3n) is 8.34. The van der Waals surface area contributed by atoms with Gasteiger partial charge >= 0.3 is 0 Å². The van der Waals surface area contributed by atoms with Gasteiger partial charge in [-0.05, 0) is 93.6 Å². The van der Waals surface area contributed by atoms with Crippen molar-refractivity contribution in [3.8, 4) is 0 Å². The molecular weight excluding hydrogens is 621 g/mol. The Hall–Kier alpha value is -1.73. The molecule has 2 aliphatic heterocycles. The van der Waals surface area contributed by atoms with Crippen molar-refractivity contribution in [1.82, 2.24) is 9.21 Å². The first-order valence-electron chi connectivity index (χ1n) is 14.2. The first-order valence-corrected chi connectivity index (χ1v) is 18.7. The fraction of sp³-hybridized carbons (Fsp3) is 0.552. The molecule has 0 spiro atoms. The zero-order valence-electron chi connectivity index (χ0n) is 24.0. The molecule has 2 saturated heterocycles. The average molecular weight is 661 g/mol. The van der Waals surface area contributed by atoms with Crippen molar-refractivity contribution in [2.24, 2.45) is 11.8 Å². The van der Waals surface area contributed by atoms with E-state index in [1.54, 1.807) is 47.4 Å². The molecule has 0 aromatic heterocycles. The maximum Gasteiger partial charge on any atom is 0.230 e.